The van der Waals surface area contributed by atoms with Gasteiger partial charge in [-0.1, -0.05) is 6.07 Å². The van der Waals surface area contributed by atoms with Crippen LogP contribution in [0.15, 0.2) is 29.1 Å². The van der Waals surface area contributed by atoms with Gasteiger partial charge in [0.15, 0.2) is 17.3 Å². The molecule has 140 valence electrons. The average molecular weight is 370 g/mol. The van der Waals surface area contributed by atoms with Crippen molar-refractivity contribution >= 4 is 5.65 Å². The molecule has 0 spiro atoms. The predicted molar refractivity (Wildman–Crippen MR) is 96.7 cm³/mol. The van der Waals surface area contributed by atoms with Crippen LogP contribution in [0.5, 0.6) is 0 Å². The summed E-state index contributed by atoms with van der Waals surface area (Å²) >= 11 is 0. The molecule has 0 aliphatic carbocycles. The van der Waals surface area contributed by atoms with Crippen molar-refractivity contribution in [1.82, 2.24) is 19.5 Å². The first-order valence-corrected chi connectivity index (χ1v) is 9.29. The Hall–Kier alpha value is -2.54. The number of hydrogen-bond acceptors (Lipinski definition) is 3. The summed E-state index contributed by atoms with van der Waals surface area (Å²) in [5, 5.41) is 3.05. The third kappa shape index (κ3) is 2.68. The van der Waals surface area contributed by atoms with Gasteiger partial charge in [-0.15, -0.1) is 0 Å². The van der Waals surface area contributed by atoms with E-state index in [1.807, 2.05) is 13.0 Å². The summed E-state index contributed by atoms with van der Waals surface area (Å²) in [6.07, 6.45) is 3.38. The second-order valence-corrected chi connectivity index (χ2v) is 7.69. The number of nitrogens with one attached hydrogen (secondary N) is 1. The minimum atomic E-state index is -0.826. The molecule has 3 aromatic rings. The van der Waals surface area contributed by atoms with Crippen molar-refractivity contribution in [2.45, 2.75) is 51.2 Å². The van der Waals surface area contributed by atoms with Gasteiger partial charge in [0.05, 0.1) is 5.69 Å². The molecule has 2 atom stereocenters. The van der Waals surface area contributed by atoms with E-state index in [0.717, 1.165) is 35.4 Å². The van der Waals surface area contributed by atoms with Crippen LogP contribution in [0.1, 0.15) is 35.4 Å². The molecule has 1 fully saturated rings. The number of nitrogens with zero attached hydrogens (tertiary/aromatic N) is 3. The van der Waals surface area contributed by atoms with Gasteiger partial charge in [0.1, 0.15) is 0 Å². The van der Waals surface area contributed by atoms with Crippen LogP contribution in [0.3, 0.4) is 0 Å². The van der Waals surface area contributed by atoms with Gasteiger partial charge >= 0.3 is 0 Å². The molecule has 5 nitrogen and oxygen atoms in total. The first-order valence-electron chi connectivity index (χ1n) is 9.29. The number of aromatic amines is 1. The summed E-state index contributed by atoms with van der Waals surface area (Å²) in [6.45, 7) is 2.46. The van der Waals surface area contributed by atoms with E-state index in [4.69, 9.17) is 4.98 Å². The maximum atomic E-state index is 13.6. The maximum Gasteiger partial charge on any atom is 0.276 e. The fraction of sp³-hybridized carbons (Fsp3) is 0.400. The monoisotopic (exact) mass is 370 g/mol. The smallest absolute Gasteiger partial charge is 0.276 e. The van der Waals surface area contributed by atoms with E-state index in [9.17, 15) is 13.6 Å². The molecule has 0 unspecified atom stereocenters. The van der Waals surface area contributed by atoms with E-state index in [1.165, 1.54) is 16.6 Å². The minimum Gasteiger partial charge on any atom is -0.294 e. The molecular formula is C20H20F2N4O. The van der Waals surface area contributed by atoms with Crippen LogP contribution in [-0.2, 0) is 19.4 Å². The highest BCUT2D eigenvalue weighted by Gasteiger charge is 2.38. The van der Waals surface area contributed by atoms with Gasteiger partial charge in [0, 0.05) is 42.4 Å². The van der Waals surface area contributed by atoms with E-state index < -0.39 is 11.6 Å². The van der Waals surface area contributed by atoms with Crippen molar-refractivity contribution < 1.29 is 8.78 Å². The molecule has 0 radical (unpaired) electrons. The Bertz CT molecular complexity index is 1100. The first-order chi connectivity index (χ1) is 13.0. The van der Waals surface area contributed by atoms with Gasteiger partial charge in [-0.3, -0.25) is 14.8 Å². The second-order valence-electron chi connectivity index (χ2n) is 7.69. The van der Waals surface area contributed by atoms with Crippen LogP contribution in [0.2, 0.25) is 0 Å². The molecule has 4 heterocycles. The van der Waals surface area contributed by atoms with Gasteiger partial charge in [-0.2, -0.15) is 0 Å². The number of aryl methyl sites for hydroxylation is 1. The number of halogens is 2. The van der Waals surface area contributed by atoms with Crippen LogP contribution >= 0.6 is 0 Å². The average Bonchev–Trinajstić information content (AvgIpc) is 3.12. The van der Waals surface area contributed by atoms with Crippen molar-refractivity contribution in [3.8, 4) is 0 Å². The highest BCUT2D eigenvalue weighted by atomic mass is 19.2. The lowest BCUT2D eigenvalue weighted by Gasteiger charge is -2.27. The Kier molecular flexibility index (Phi) is 3.69. The number of H-pyrrole nitrogens is 1. The molecule has 1 saturated heterocycles. The fourth-order valence-corrected chi connectivity index (χ4v) is 4.62. The summed E-state index contributed by atoms with van der Waals surface area (Å²) in [4.78, 5) is 20.0. The zero-order chi connectivity index (χ0) is 18.7. The molecule has 1 aromatic carbocycles. The van der Waals surface area contributed by atoms with Crippen LogP contribution in [0.4, 0.5) is 8.78 Å². The molecular weight excluding hydrogens is 350 g/mol. The Morgan fingerprint density at radius 2 is 1.93 bits per heavy atom. The predicted octanol–water partition coefficient (Wildman–Crippen LogP) is 2.74. The van der Waals surface area contributed by atoms with Gasteiger partial charge < -0.3 is 0 Å². The van der Waals surface area contributed by atoms with Crippen molar-refractivity contribution in [3.05, 3.63) is 68.8 Å². The molecule has 2 aliphatic heterocycles. The third-order valence-corrected chi connectivity index (χ3v) is 5.91. The van der Waals surface area contributed by atoms with Crippen molar-refractivity contribution in [2.75, 3.05) is 0 Å². The fourth-order valence-electron chi connectivity index (χ4n) is 4.62. The van der Waals surface area contributed by atoms with E-state index in [0.29, 0.717) is 25.0 Å². The van der Waals surface area contributed by atoms with Crippen LogP contribution in [0.25, 0.3) is 5.65 Å². The quantitative estimate of drug-likeness (QED) is 0.755. The Labute approximate surface area is 154 Å². The van der Waals surface area contributed by atoms with Crippen LogP contribution in [0, 0.1) is 18.6 Å². The molecule has 1 N–H and O–H groups in total. The van der Waals surface area contributed by atoms with Crippen molar-refractivity contribution in [2.24, 2.45) is 0 Å². The number of aromatic nitrogens is 3. The zero-order valence-electron chi connectivity index (χ0n) is 15.0. The molecule has 5 rings (SSSR count). The molecule has 7 heteroatoms. The maximum absolute atomic E-state index is 13.6. The summed E-state index contributed by atoms with van der Waals surface area (Å²) in [5.41, 5.74) is 3.94. The molecule has 0 amide bonds. The summed E-state index contributed by atoms with van der Waals surface area (Å²) in [6, 6.07) is 6.44. The highest BCUT2D eigenvalue weighted by molar-refractivity contribution is 5.42. The van der Waals surface area contributed by atoms with Crippen LogP contribution < -0.4 is 5.56 Å². The SMILES string of the molecule is Cc1cc2nc3c(c(=O)n2[nH]1)C[C@@H]1CC[C@H](C3)N1Cc1ccc(F)c(F)c1. The van der Waals surface area contributed by atoms with Crippen molar-refractivity contribution in [1.29, 1.82) is 0 Å². The molecule has 2 bridgehead atoms. The third-order valence-electron chi connectivity index (χ3n) is 5.91. The Morgan fingerprint density at radius 3 is 2.70 bits per heavy atom. The number of benzene rings is 1. The molecule has 27 heavy (non-hydrogen) atoms. The highest BCUT2D eigenvalue weighted by Crippen LogP contribution is 2.34. The van der Waals surface area contributed by atoms with E-state index in [-0.39, 0.29) is 17.6 Å². The topological polar surface area (TPSA) is 53.4 Å². The molecule has 2 aromatic heterocycles. The summed E-state index contributed by atoms with van der Waals surface area (Å²) < 4.78 is 28.3. The lowest BCUT2D eigenvalue weighted by Crippen LogP contribution is -2.36. The largest absolute Gasteiger partial charge is 0.294 e. The van der Waals surface area contributed by atoms with E-state index >= 15 is 0 Å². The van der Waals surface area contributed by atoms with E-state index in [1.54, 1.807) is 6.07 Å². The summed E-state index contributed by atoms with van der Waals surface area (Å²) in [5.74, 6) is -1.64. The van der Waals surface area contributed by atoms with Gasteiger partial charge in [-0.05, 0) is 43.9 Å². The molecule has 0 saturated carbocycles. The lowest BCUT2D eigenvalue weighted by molar-refractivity contribution is 0.187. The Morgan fingerprint density at radius 1 is 1.15 bits per heavy atom. The molecule has 2 aliphatic rings. The number of fused-ring (bicyclic) bond motifs is 4. The number of rotatable bonds is 2. The Balaban J connectivity index is 1.51. The van der Waals surface area contributed by atoms with Gasteiger partial charge in [0.2, 0.25) is 0 Å². The lowest BCUT2D eigenvalue weighted by atomic mass is 9.98. The number of hydrogen-bond donors (Lipinski definition) is 1. The summed E-state index contributed by atoms with van der Waals surface area (Å²) in [7, 11) is 0. The normalized spacial score (nSPS) is 22.2. The standard InChI is InChI=1S/C20H20F2N4O/c1-11-6-19-23-18-9-14-4-3-13(8-15(18)20(27)26(19)24-11)25(14)10-12-2-5-16(21)17(22)7-12/h2,5-7,13-14,24H,3-4,8-10H2,1H3/t13-,14+/m0/s1. The van der Waals surface area contributed by atoms with Crippen LogP contribution in [-0.4, -0.2) is 31.6 Å². The first kappa shape index (κ1) is 16.6. The van der Waals surface area contributed by atoms with Gasteiger partial charge in [0.25, 0.3) is 5.56 Å². The van der Waals surface area contributed by atoms with E-state index in [2.05, 4.69) is 10.00 Å². The zero-order valence-corrected chi connectivity index (χ0v) is 15.0. The minimum absolute atomic E-state index is 0.0246. The second kappa shape index (κ2) is 5.99. The van der Waals surface area contributed by atoms with Gasteiger partial charge in [-0.25, -0.2) is 18.3 Å². The van der Waals surface area contributed by atoms with Crippen molar-refractivity contribution in [3.63, 3.8) is 0 Å².